The smallest absolute Gasteiger partial charge is 0.0162 e. The molecular formula is C36H50. The molecule has 3 aromatic carbocycles. The third-order valence-corrected chi connectivity index (χ3v) is 6.87. The monoisotopic (exact) mass is 482 g/mol. The quantitative estimate of drug-likeness (QED) is 0.317. The SMILES string of the molecule is C=CCC1CCC(c2ccc(-c3ccc(C=C)cc3)cc2)CC1.CC.CC.Cc1ccc(C)c(C)c1. The summed E-state index contributed by atoms with van der Waals surface area (Å²) in [7, 11) is 0. The molecule has 0 bridgehead atoms. The average Bonchev–Trinajstić information content (AvgIpc) is 2.94. The maximum atomic E-state index is 3.88. The van der Waals surface area contributed by atoms with E-state index in [0.717, 1.165) is 11.8 Å². The molecular weight excluding hydrogens is 432 g/mol. The van der Waals surface area contributed by atoms with Crippen LogP contribution in [0, 0.1) is 26.7 Å². The lowest BCUT2D eigenvalue weighted by Gasteiger charge is -2.28. The maximum Gasteiger partial charge on any atom is -0.0162 e. The molecule has 0 nitrogen and oxygen atoms in total. The number of allylic oxidation sites excluding steroid dienone is 1. The van der Waals surface area contributed by atoms with E-state index in [4.69, 9.17) is 0 Å². The first-order valence-electron chi connectivity index (χ1n) is 14.0. The lowest BCUT2D eigenvalue weighted by atomic mass is 9.77. The van der Waals surface area contributed by atoms with Crippen LogP contribution in [0.5, 0.6) is 0 Å². The van der Waals surface area contributed by atoms with E-state index < -0.39 is 0 Å². The van der Waals surface area contributed by atoms with Gasteiger partial charge in [-0.2, -0.15) is 0 Å². The van der Waals surface area contributed by atoms with Gasteiger partial charge in [0, 0.05) is 0 Å². The van der Waals surface area contributed by atoms with Crippen LogP contribution in [0.3, 0.4) is 0 Å². The van der Waals surface area contributed by atoms with Gasteiger partial charge in [0.2, 0.25) is 0 Å². The maximum absolute atomic E-state index is 3.88. The Morgan fingerprint density at radius 3 is 1.64 bits per heavy atom. The number of hydrogen-bond donors (Lipinski definition) is 0. The molecule has 0 unspecified atom stereocenters. The van der Waals surface area contributed by atoms with Crippen LogP contribution in [0.4, 0.5) is 0 Å². The minimum absolute atomic E-state index is 0.744. The van der Waals surface area contributed by atoms with E-state index in [1.807, 2.05) is 33.8 Å². The van der Waals surface area contributed by atoms with Gasteiger partial charge in [-0.25, -0.2) is 0 Å². The van der Waals surface area contributed by atoms with Crippen LogP contribution in [0.15, 0.2) is 86.0 Å². The van der Waals surface area contributed by atoms with Gasteiger partial charge in [0.05, 0.1) is 0 Å². The summed E-state index contributed by atoms with van der Waals surface area (Å²) < 4.78 is 0. The summed E-state index contributed by atoms with van der Waals surface area (Å²) in [5.74, 6) is 1.61. The minimum atomic E-state index is 0.744. The molecule has 0 heterocycles. The van der Waals surface area contributed by atoms with Gasteiger partial charge in [-0.05, 0) is 98.1 Å². The molecule has 0 heteroatoms. The molecule has 0 atom stereocenters. The summed E-state index contributed by atoms with van der Waals surface area (Å²) in [5, 5.41) is 0. The summed E-state index contributed by atoms with van der Waals surface area (Å²) in [6, 6.07) is 24.3. The van der Waals surface area contributed by atoms with Gasteiger partial charge < -0.3 is 0 Å². The van der Waals surface area contributed by atoms with Crippen LogP contribution in [0.1, 0.15) is 93.5 Å². The molecule has 0 amide bonds. The molecule has 1 aliphatic rings. The van der Waals surface area contributed by atoms with Crippen LogP contribution < -0.4 is 0 Å². The number of benzene rings is 3. The molecule has 194 valence electrons. The Morgan fingerprint density at radius 1 is 0.667 bits per heavy atom. The average molecular weight is 483 g/mol. The molecule has 0 radical (unpaired) electrons. The fourth-order valence-electron chi connectivity index (χ4n) is 4.62. The van der Waals surface area contributed by atoms with Crippen molar-refractivity contribution < 1.29 is 0 Å². The zero-order valence-corrected chi connectivity index (χ0v) is 24.1. The zero-order chi connectivity index (χ0) is 26.9. The molecule has 1 saturated carbocycles. The first-order valence-corrected chi connectivity index (χ1v) is 14.0. The molecule has 0 aliphatic heterocycles. The minimum Gasteiger partial charge on any atom is -0.103 e. The molecule has 4 rings (SSSR count). The lowest BCUT2D eigenvalue weighted by Crippen LogP contribution is -2.12. The first-order chi connectivity index (χ1) is 17.5. The highest BCUT2D eigenvalue weighted by molar-refractivity contribution is 5.65. The highest BCUT2D eigenvalue weighted by Gasteiger charge is 2.21. The molecule has 0 spiro atoms. The summed E-state index contributed by atoms with van der Waals surface area (Å²) in [5.41, 5.74) is 9.35. The Labute approximate surface area is 223 Å². The zero-order valence-electron chi connectivity index (χ0n) is 24.1. The second kappa shape index (κ2) is 17.6. The molecule has 0 aromatic heterocycles. The summed E-state index contributed by atoms with van der Waals surface area (Å²) in [4.78, 5) is 0. The van der Waals surface area contributed by atoms with Gasteiger partial charge in [-0.15, -0.1) is 6.58 Å². The third-order valence-electron chi connectivity index (χ3n) is 6.87. The van der Waals surface area contributed by atoms with E-state index >= 15 is 0 Å². The summed E-state index contributed by atoms with van der Waals surface area (Å²) in [6.07, 6.45) is 10.5. The summed E-state index contributed by atoms with van der Waals surface area (Å²) >= 11 is 0. The van der Waals surface area contributed by atoms with Gasteiger partial charge in [0.25, 0.3) is 0 Å². The van der Waals surface area contributed by atoms with Crippen molar-refractivity contribution in [1.82, 2.24) is 0 Å². The molecule has 1 aliphatic carbocycles. The van der Waals surface area contributed by atoms with E-state index in [0.29, 0.717) is 0 Å². The highest BCUT2D eigenvalue weighted by Crippen LogP contribution is 2.37. The Hall–Kier alpha value is -2.86. The second-order valence-corrected chi connectivity index (χ2v) is 9.28. The molecule has 0 saturated heterocycles. The standard InChI is InChI=1S/C23H26.C9H12.2C2H6/c1-3-5-19-8-12-21(13-9-19)23-16-14-22(15-17-23)20-10-6-18(4-2)7-11-20;1-7-4-5-8(2)9(3)6-7;2*1-2/h3-4,6-7,10-11,14-17,19,21H,1-2,5,8-9,12-13H2;4-6H,1-3H3;2*1-2H3. The fourth-order valence-corrected chi connectivity index (χ4v) is 4.62. The first kappa shape index (κ1) is 31.2. The molecule has 3 aromatic rings. The largest absolute Gasteiger partial charge is 0.103 e. The third kappa shape index (κ3) is 10.0. The van der Waals surface area contributed by atoms with Gasteiger partial charge >= 0.3 is 0 Å². The lowest BCUT2D eigenvalue weighted by molar-refractivity contribution is 0.328. The van der Waals surface area contributed by atoms with E-state index in [1.165, 1.54) is 71.0 Å². The van der Waals surface area contributed by atoms with Crippen LogP contribution in [0.2, 0.25) is 0 Å². The van der Waals surface area contributed by atoms with Gasteiger partial charge in [0.15, 0.2) is 0 Å². The van der Waals surface area contributed by atoms with E-state index in [-0.39, 0.29) is 0 Å². The van der Waals surface area contributed by atoms with Crippen molar-refractivity contribution >= 4 is 6.08 Å². The van der Waals surface area contributed by atoms with Gasteiger partial charge in [-0.3, -0.25) is 0 Å². The summed E-state index contributed by atoms with van der Waals surface area (Å²) in [6.45, 7) is 22.1. The van der Waals surface area contributed by atoms with E-state index in [9.17, 15) is 0 Å². The molecule has 36 heavy (non-hydrogen) atoms. The highest BCUT2D eigenvalue weighted by atomic mass is 14.3. The topological polar surface area (TPSA) is 0 Å². The Morgan fingerprint density at radius 2 is 1.19 bits per heavy atom. The van der Waals surface area contributed by atoms with E-state index in [1.54, 1.807) is 0 Å². The van der Waals surface area contributed by atoms with Crippen molar-refractivity contribution in [3.63, 3.8) is 0 Å². The fraction of sp³-hybridized carbons (Fsp3) is 0.389. The number of hydrogen-bond acceptors (Lipinski definition) is 0. The van der Waals surface area contributed by atoms with Crippen molar-refractivity contribution in [2.45, 2.75) is 86.5 Å². The van der Waals surface area contributed by atoms with Crippen molar-refractivity contribution in [1.29, 1.82) is 0 Å². The molecule has 1 fully saturated rings. The number of rotatable bonds is 5. The molecule has 0 N–H and O–H groups in total. The van der Waals surface area contributed by atoms with Crippen molar-refractivity contribution in [3.05, 3.63) is 114 Å². The Bertz CT molecular complexity index is 997. The van der Waals surface area contributed by atoms with Gasteiger partial charge in [0.1, 0.15) is 0 Å². The Kier molecular flexibility index (Phi) is 15.2. The van der Waals surface area contributed by atoms with Crippen LogP contribution in [-0.2, 0) is 0 Å². The predicted molar refractivity (Wildman–Crippen MR) is 165 cm³/mol. The van der Waals surface area contributed by atoms with Crippen molar-refractivity contribution in [2.24, 2.45) is 5.92 Å². The Balaban J connectivity index is 0.000000417. The van der Waals surface area contributed by atoms with Crippen molar-refractivity contribution in [3.8, 4) is 11.1 Å². The van der Waals surface area contributed by atoms with Crippen LogP contribution in [0.25, 0.3) is 17.2 Å². The van der Waals surface area contributed by atoms with Crippen molar-refractivity contribution in [2.75, 3.05) is 0 Å². The van der Waals surface area contributed by atoms with Gasteiger partial charge in [-0.1, -0.05) is 119 Å². The van der Waals surface area contributed by atoms with E-state index in [2.05, 4.69) is 107 Å². The normalized spacial score (nSPS) is 16.1. The second-order valence-electron chi connectivity index (χ2n) is 9.28. The predicted octanol–water partition coefficient (Wildman–Crippen LogP) is 11.5. The number of aryl methyl sites for hydroxylation is 3. The van der Waals surface area contributed by atoms with Crippen LogP contribution in [-0.4, -0.2) is 0 Å². The van der Waals surface area contributed by atoms with Crippen LogP contribution >= 0.6 is 0 Å².